The van der Waals surface area contributed by atoms with Gasteiger partial charge in [-0.3, -0.25) is 19.2 Å². The number of rotatable bonds is 3. The van der Waals surface area contributed by atoms with Crippen molar-refractivity contribution in [1.29, 1.82) is 0 Å². The van der Waals surface area contributed by atoms with Crippen LogP contribution in [0.4, 0.5) is 0 Å². The molecule has 22 heavy (non-hydrogen) atoms. The number of hydrogen-bond acceptors (Lipinski definition) is 6. The van der Waals surface area contributed by atoms with Crippen LogP contribution in [0.2, 0.25) is 0 Å². The third-order valence-electron chi connectivity index (χ3n) is 3.83. The first kappa shape index (κ1) is 15.4. The lowest BCUT2D eigenvalue weighted by atomic mass is 10.3. The monoisotopic (exact) mass is 311 g/mol. The van der Waals surface area contributed by atoms with E-state index in [-0.39, 0.29) is 11.7 Å². The molecule has 8 nitrogen and oxygen atoms in total. The van der Waals surface area contributed by atoms with Crippen LogP contribution in [0.5, 0.6) is 0 Å². The lowest BCUT2D eigenvalue weighted by Gasteiger charge is -2.21. The Bertz CT molecular complexity index is 665. The van der Waals surface area contributed by atoms with E-state index in [4.69, 9.17) is 14.3 Å². The topological polar surface area (TPSA) is 85.8 Å². The van der Waals surface area contributed by atoms with Crippen LogP contribution in [0.1, 0.15) is 32.1 Å². The Balaban J connectivity index is 1.64. The van der Waals surface area contributed by atoms with Gasteiger partial charge in [-0.25, -0.2) is 4.79 Å². The molecule has 1 aromatic heterocycles. The molecule has 8 heteroatoms. The van der Waals surface area contributed by atoms with Crippen LogP contribution < -0.4 is 11.2 Å². The van der Waals surface area contributed by atoms with Crippen LogP contribution in [0.25, 0.3) is 0 Å². The molecule has 2 atom stereocenters. The molecular weight excluding hydrogens is 290 g/mol. The minimum absolute atomic E-state index is 0.0530. The molecule has 0 bridgehead atoms. The van der Waals surface area contributed by atoms with E-state index in [9.17, 15) is 9.59 Å². The first-order valence-corrected chi connectivity index (χ1v) is 7.40. The van der Waals surface area contributed by atoms with Crippen molar-refractivity contribution < 1.29 is 14.3 Å². The minimum Gasteiger partial charge on any atom is -0.348 e. The summed E-state index contributed by atoms with van der Waals surface area (Å²) >= 11 is 0. The van der Waals surface area contributed by atoms with Gasteiger partial charge in [0.25, 0.3) is 5.56 Å². The Morgan fingerprint density at radius 1 is 1.41 bits per heavy atom. The highest BCUT2D eigenvalue weighted by atomic mass is 16.8. The van der Waals surface area contributed by atoms with E-state index in [2.05, 4.69) is 4.98 Å². The summed E-state index contributed by atoms with van der Waals surface area (Å²) < 4.78 is 12.7. The maximum Gasteiger partial charge on any atom is 0.330 e. The highest BCUT2D eigenvalue weighted by Gasteiger charge is 2.36. The fourth-order valence-corrected chi connectivity index (χ4v) is 2.74. The number of aryl methyl sites for hydroxylation is 1. The Kier molecular flexibility index (Phi) is 3.94. The van der Waals surface area contributed by atoms with Crippen molar-refractivity contribution in [3.05, 3.63) is 32.6 Å². The van der Waals surface area contributed by atoms with Gasteiger partial charge >= 0.3 is 5.69 Å². The van der Waals surface area contributed by atoms with Gasteiger partial charge in [-0.05, 0) is 20.8 Å². The smallest absolute Gasteiger partial charge is 0.330 e. The lowest BCUT2D eigenvalue weighted by molar-refractivity contribution is -0.193. The quantitative estimate of drug-likeness (QED) is 0.854. The van der Waals surface area contributed by atoms with Gasteiger partial charge in [-0.1, -0.05) is 0 Å². The van der Waals surface area contributed by atoms with E-state index < -0.39 is 17.7 Å². The molecule has 2 saturated heterocycles. The van der Waals surface area contributed by atoms with Crippen LogP contribution >= 0.6 is 0 Å². The van der Waals surface area contributed by atoms with Gasteiger partial charge in [-0.2, -0.15) is 5.06 Å². The Labute approximate surface area is 127 Å². The SMILES string of the molecule is Cc1cn([C@H]2CCN(C[C@H]3COC(C)(C)O3)O2)c(=O)[nH]c1=O. The molecule has 0 aromatic carbocycles. The van der Waals surface area contributed by atoms with Gasteiger partial charge in [0.2, 0.25) is 0 Å². The lowest BCUT2D eigenvalue weighted by Crippen LogP contribution is -2.35. The third-order valence-corrected chi connectivity index (χ3v) is 3.83. The predicted octanol–water partition coefficient (Wildman–Crippen LogP) is 0.132. The van der Waals surface area contributed by atoms with Gasteiger partial charge in [0.1, 0.15) is 0 Å². The highest BCUT2D eigenvalue weighted by molar-refractivity contribution is 5.01. The number of nitrogens with one attached hydrogen (secondary N) is 1. The van der Waals surface area contributed by atoms with Crippen molar-refractivity contribution in [3.8, 4) is 0 Å². The van der Waals surface area contributed by atoms with E-state index in [0.717, 1.165) is 0 Å². The van der Waals surface area contributed by atoms with Gasteiger partial charge < -0.3 is 9.47 Å². The molecule has 0 aliphatic carbocycles. The molecule has 2 aliphatic heterocycles. The molecular formula is C14H21N3O5. The summed E-state index contributed by atoms with van der Waals surface area (Å²) in [5.41, 5.74) is -0.338. The Morgan fingerprint density at radius 2 is 2.18 bits per heavy atom. The Morgan fingerprint density at radius 3 is 2.86 bits per heavy atom. The molecule has 1 aromatic rings. The number of hydrogen-bond donors (Lipinski definition) is 1. The van der Waals surface area contributed by atoms with Crippen LogP contribution in [0.3, 0.4) is 0 Å². The molecule has 3 heterocycles. The summed E-state index contributed by atoms with van der Waals surface area (Å²) in [7, 11) is 0. The standard InChI is InChI=1S/C14H21N3O5/c1-9-6-17(13(19)15-12(9)18)11-4-5-16(22-11)7-10-8-20-14(2,3)21-10/h6,10-11H,4-5,7-8H2,1-3H3,(H,15,18,19)/t10-,11+/m0/s1. The first-order chi connectivity index (χ1) is 10.3. The first-order valence-electron chi connectivity index (χ1n) is 7.40. The zero-order chi connectivity index (χ0) is 15.9. The molecule has 0 unspecified atom stereocenters. The molecule has 122 valence electrons. The third kappa shape index (κ3) is 3.14. The van der Waals surface area contributed by atoms with E-state index in [1.54, 1.807) is 12.0 Å². The second kappa shape index (κ2) is 5.62. The molecule has 2 fully saturated rings. The van der Waals surface area contributed by atoms with Crippen molar-refractivity contribution in [2.24, 2.45) is 0 Å². The van der Waals surface area contributed by atoms with Crippen LogP contribution in [0.15, 0.2) is 15.8 Å². The van der Waals surface area contributed by atoms with Crippen LogP contribution in [0, 0.1) is 6.92 Å². The zero-order valence-electron chi connectivity index (χ0n) is 13.0. The number of H-pyrrole nitrogens is 1. The van der Waals surface area contributed by atoms with Crippen molar-refractivity contribution in [3.63, 3.8) is 0 Å². The van der Waals surface area contributed by atoms with Gasteiger partial charge in [0.15, 0.2) is 12.0 Å². The molecule has 3 rings (SSSR count). The van der Waals surface area contributed by atoms with E-state index in [0.29, 0.717) is 31.7 Å². The number of nitrogens with zero attached hydrogens (tertiary/aromatic N) is 2. The summed E-state index contributed by atoms with van der Waals surface area (Å²) in [5.74, 6) is -0.559. The van der Waals surface area contributed by atoms with Gasteiger partial charge in [-0.15, -0.1) is 0 Å². The number of aromatic nitrogens is 2. The van der Waals surface area contributed by atoms with Crippen molar-refractivity contribution in [2.45, 2.75) is 45.3 Å². The number of hydroxylamine groups is 2. The maximum absolute atomic E-state index is 11.9. The normalized spacial score (nSPS) is 28.3. The predicted molar refractivity (Wildman–Crippen MR) is 77.3 cm³/mol. The molecule has 0 saturated carbocycles. The van der Waals surface area contributed by atoms with Crippen LogP contribution in [-0.4, -0.2) is 46.2 Å². The second-order valence-corrected chi connectivity index (χ2v) is 6.17. The highest BCUT2D eigenvalue weighted by Crippen LogP contribution is 2.26. The largest absolute Gasteiger partial charge is 0.348 e. The van der Waals surface area contributed by atoms with Crippen LogP contribution in [-0.2, 0) is 14.3 Å². The Hall–Kier alpha value is -1.48. The molecule has 2 aliphatic rings. The van der Waals surface area contributed by atoms with Crippen molar-refractivity contribution >= 4 is 0 Å². The summed E-state index contributed by atoms with van der Waals surface area (Å²) in [4.78, 5) is 31.4. The molecule has 0 spiro atoms. The molecule has 1 N–H and O–H groups in total. The second-order valence-electron chi connectivity index (χ2n) is 6.17. The fourth-order valence-electron chi connectivity index (χ4n) is 2.74. The number of aromatic amines is 1. The average Bonchev–Trinajstić information content (AvgIpc) is 3.01. The summed E-state index contributed by atoms with van der Waals surface area (Å²) in [5, 5.41) is 1.78. The molecule has 0 amide bonds. The minimum atomic E-state index is -0.559. The fraction of sp³-hybridized carbons (Fsp3) is 0.714. The van der Waals surface area contributed by atoms with E-state index >= 15 is 0 Å². The average molecular weight is 311 g/mol. The maximum atomic E-state index is 11.9. The summed E-state index contributed by atoms with van der Waals surface area (Å²) in [6.07, 6.45) is 1.75. The summed E-state index contributed by atoms with van der Waals surface area (Å²) in [6.45, 7) is 7.21. The molecule has 0 radical (unpaired) electrons. The van der Waals surface area contributed by atoms with Gasteiger partial charge in [0, 0.05) is 24.7 Å². The van der Waals surface area contributed by atoms with Crippen molar-refractivity contribution in [1.82, 2.24) is 14.6 Å². The van der Waals surface area contributed by atoms with Crippen molar-refractivity contribution in [2.75, 3.05) is 19.7 Å². The summed E-state index contributed by atoms with van der Waals surface area (Å²) in [6, 6.07) is 0. The number of ether oxygens (including phenoxy) is 2. The van der Waals surface area contributed by atoms with Gasteiger partial charge in [0.05, 0.1) is 19.3 Å². The van der Waals surface area contributed by atoms with E-state index in [1.807, 2.05) is 13.8 Å². The zero-order valence-corrected chi connectivity index (χ0v) is 13.0. The van der Waals surface area contributed by atoms with E-state index in [1.165, 1.54) is 10.8 Å².